The number of methoxy groups -OCH3 is 2. The normalized spacial score (nSPS) is 45.7. The molecule has 0 aromatic heterocycles. The average Bonchev–Trinajstić information content (AvgIpc) is 3.12. The minimum atomic E-state index is -0.646. The van der Waals surface area contributed by atoms with E-state index in [1.807, 2.05) is 6.92 Å². The van der Waals surface area contributed by atoms with Gasteiger partial charge in [-0.3, -0.25) is 0 Å². The van der Waals surface area contributed by atoms with Crippen LogP contribution >= 0.6 is 0 Å². The van der Waals surface area contributed by atoms with Gasteiger partial charge in [-0.1, -0.05) is 23.4 Å². The van der Waals surface area contributed by atoms with Gasteiger partial charge in [0, 0.05) is 31.4 Å². The predicted molar refractivity (Wildman–Crippen MR) is 107 cm³/mol. The van der Waals surface area contributed by atoms with Crippen LogP contribution in [0, 0.1) is 11.3 Å². The lowest BCUT2D eigenvalue weighted by molar-refractivity contribution is -0.923. The highest BCUT2D eigenvalue weighted by Crippen LogP contribution is 2.73. The molecule has 2 aliphatic heterocycles. The number of hydrogen-bond donors (Lipinski definition) is 2. The highest BCUT2D eigenvalue weighted by Gasteiger charge is 2.80. The maximum atomic E-state index is 9.69. The Labute approximate surface area is 171 Å². The van der Waals surface area contributed by atoms with E-state index in [0.29, 0.717) is 6.04 Å². The van der Waals surface area contributed by atoms with E-state index in [4.69, 9.17) is 14.2 Å². The fraction of sp³-hybridized carbons (Fsp3) is 0.609. The molecule has 2 spiro atoms. The molecule has 0 amide bonds. The molecule has 1 unspecified atom stereocenters. The molecule has 6 aliphatic rings. The molecule has 2 N–H and O–H groups in total. The third-order valence-corrected chi connectivity index (χ3v) is 9.10. The molecule has 154 valence electrons. The monoisotopic (exact) mass is 397 g/mol. The first-order chi connectivity index (χ1) is 14.0. The van der Waals surface area contributed by atoms with Crippen LogP contribution in [-0.2, 0) is 16.6 Å². The number of oxime groups is 1. The summed E-state index contributed by atoms with van der Waals surface area (Å²) in [7, 11) is 5.81. The lowest BCUT2D eigenvalue weighted by Crippen LogP contribution is -3.18. The van der Waals surface area contributed by atoms with Crippen molar-refractivity contribution in [3.63, 3.8) is 0 Å². The molecule has 2 fully saturated rings. The van der Waals surface area contributed by atoms with Gasteiger partial charge in [-0.05, 0) is 25.0 Å². The Morgan fingerprint density at radius 2 is 2.14 bits per heavy atom. The summed E-state index contributed by atoms with van der Waals surface area (Å²) < 4.78 is 18.9. The number of likely N-dealkylation sites (tertiary alicyclic amines) is 1. The fourth-order valence-electron chi connectivity index (χ4n) is 7.91. The van der Waals surface area contributed by atoms with Gasteiger partial charge in [-0.15, -0.1) is 0 Å². The summed E-state index contributed by atoms with van der Waals surface area (Å²) in [6.07, 6.45) is 7.54. The van der Waals surface area contributed by atoms with Gasteiger partial charge in [0.2, 0.25) is 0 Å². The van der Waals surface area contributed by atoms with Crippen molar-refractivity contribution in [3.8, 4) is 11.5 Å². The summed E-state index contributed by atoms with van der Waals surface area (Å²) in [6.45, 7) is 3.03. The maximum Gasteiger partial charge on any atom is 0.166 e. The number of rotatable bonds is 3. The maximum absolute atomic E-state index is 9.69. The second kappa shape index (κ2) is 5.35. The number of hydrogen-bond acceptors (Lipinski definition) is 5. The van der Waals surface area contributed by atoms with Crippen LogP contribution in [-0.4, -0.2) is 56.5 Å². The minimum Gasteiger partial charge on any atom is -0.493 e. The predicted octanol–water partition coefficient (Wildman–Crippen LogP) is 1.35. The molecule has 1 saturated carbocycles. The van der Waals surface area contributed by atoms with Gasteiger partial charge in [0.05, 0.1) is 37.2 Å². The fourth-order valence-corrected chi connectivity index (χ4v) is 7.91. The number of likely N-dealkylation sites (N-methyl/N-ethyl adjacent to an activating group) is 1. The zero-order valence-electron chi connectivity index (χ0n) is 17.5. The van der Waals surface area contributed by atoms with Crippen molar-refractivity contribution in [3.05, 3.63) is 35.4 Å². The summed E-state index contributed by atoms with van der Waals surface area (Å²) >= 11 is 0. The van der Waals surface area contributed by atoms with E-state index < -0.39 is 5.60 Å². The lowest BCUT2D eigenvalue weighted by atomic mass is 9.37. The Bertz CT molecular complexity index is 974. The quantitative estimate of drug-likeness (QED) is 0.350. The molecular weight excluding hydrogens is 368 g/mol. The first kappa shape index (κ1) is 17.8. The van der Waals surface area contributed by atoms with Crippen molar-refractivity contribution in [1.82, 2.24) is 0 Å². The standard InChI is InChI=1S/C23H28N2O4/c1-13(24-26)15-12-21-7-8-23(15,28-4)20-22(21)9-10-25(2)17(21)11-14-5-6-16(27-3)19(29-20)18(14)22/h5-8,15,17,20,26H,9-12H2,1-4H3/p+1/t15-,17+,20+,21+,22-,23+/m0/s1. The molecule has 1 aromatic carbocycles. The van der Waals surface area contributed by atoms with Gasteiger partial charge in [-0.25, -0.2) is 0 Å². The molecule has 29 heavy (non-hydrogen) atoms. The van der Waals surface area contributed by atoms with Crippen LogP contribution in [0.2, 0.25) is 0 Å². The molecule has 4 aliphatic carbocycles. The van der Waals surface area contributed by atoms with Gasteiger partial charge < -0.3 is 24.3 Å². The lowest BCUT2D eigenvalue weighted by Gasteiger charge is -2.69. The van der Waals surface area contributed by atoms with Crippen LogP contribution in [0.4, 0.5) is 0 Å². The van der Waals surface area contributed by atoms with Gasteiger partial charge in [0.1, 0.15) is 17.7 Å². The number of benzene rings is 1. The zero-order chi connectivity index (χ0) is 20.2. The van der Waals surface area contributed by atoms with E-state index in [1.54, 1.807) is 19.1 Å². The van der Waals surface area contributed by atoms with E-state index >= 15 is 0 Å². The van der Waals surface area contributed by atoms with Crippen LogP contribution < -0.4 is 14.4 Å². The third kappa shape index (κ3) is 1.65. The van der Waals surface area contributed by atoms with Gasteiger partial charge in [0.25, 0.3) is 0 Å². The van der Waals surface area contributed by atoms with Crippen LogP contribution in [0.15, 0.2) is 29.4 Å². The molecule has 2 heterocycles. The van der Waals surface area contributed by atoms with E-state index in [9.17, 15) is 5.21 Å². The number of nitrogens with zero attached hydrogens (tertiary/aromatic N) is 1. The van der Waals surface area contributed by atoms with E-state index in [1.165, 1.54) is 11.1 Å². The smallest absolute Gasteiger partial charge is 0.166 e. The van der Waals surface area contributed by atoms with Crippen molar-refractivity contribution >= 4 is 5.71 Å². The number of nitrogens with one attached hydrogen (secondary N) is 1. The summed E-state index contributed by atoms with van der Waals surface area (Å²) in [6, 6.07) is 4.76. The first-order valence-corrected chi connectivity index (χ1v) is 10.6. The highest BCUT2D eigenvalue weighted by molar-refractivity contribution is 5.87. The minimum absolute atomic E-state index is 0.0177. The molecule has 6 heteroatoms. The Morgan fingerprint density at radius 3 is 2.86 bits per heavy atom. The van der Waals surface area contributed by atoms with E-state index in [-0.39, 0.29) is 22.9 Å². The van der Waals surface area contributed by atoms with Gasteiger partial charge in [0.15, 0.2) is 11.5 Å². The molecule has 7 rings (SSSR count). The SMILES string of the molecule is COc1ccc2c3c1O[C@H]1[C@@]4(OC)C=C[C@@]5(C[C@H]4C(C)=NO)[C@@H](C2)[NH+](C)CC[C@]315. The molecule has 4 bridgehead atoms. The Hall–Kier alpha value is -2.05. The summed E-state index contributed by atoms with van der Waals surface area (Å²) in [5, 5.41) is 13.3. The van der Waals surface area contributed by atoms with E-state index in [2.05, 4.69) is 36.5 Å². The third-order valence-electron chi connectivity index (χ3n) is 9.10. The number of ether oxygens (including phenoxy) is 3. The van der Waals surface area contributed by atoms with Crippen molar-refractivity contribution in [2.75, 3.05) is 27.8 Å². The summed E-state index contributed by atoms with van der Waals surface area (Å²) in [4.78, 5) is 1.58. The van der Waals surface area contributed by atoms with Crippen LogP contribution in [0.1, 0.15) is 30.9 Å². The van der Waals surface area contributed by atoms with Gasteiger partial charge >= 0.3 is 0 Å². The molecule has 6 nitrogen and oxygen atoms in total. The van der Waals surface area contributed by atoms with Crippen LogP contribution in [0.5, 0.6) is 11.5 Å². The molecule has 7 atom stereocenters. The Balaban J connectivity index is 1.70. The van der Waals surface area contributed by atoms with Crippen LogP contribution in [0.25, 0.3) is 0 Å². The largest absolute Gasteiger partial charge is 0.493 e. The average molecular weight is 397 g/mol. The molecule has 0 radical (unpaired) electrons. The Morgan fingerprint density at radius 1 is 1.31 bits per heavy atom. The van der Waals surface area contributed by atoms with Crippen molar-refractivity contribution in [1.29, 1.82) is 0 Å². The topological polar surface area (TPSA) is 64.7 Å². The molecule has 1 saturated heterocycles. The molecule has 1 aromatic rings. The Kier molecular flexibility index (Phi) is 3.28. The van der Waals surface area contributed by atoms with Crippen molar-refractivity contribution in [2.45, 2.75) is 49.3 Å². The first-order valence-electron chi connectivity index (χ1n) is 10.6. The van der Waals surface area contributed by atoms with E-state index in [0.717, 1.165) is 43.0 Å². The summed E-state index contributed by atoms with van der Waals surface area (Å²) in [5.74, 6) is 1.69. The molecular formula is C23H29N2O4+. The summed E-state index contributed by atoms with van der Waals surface area (Å²) in [5.41, 5.74) is 2.67. The van der Waals surface area contributed by atoms with Crippen molar-refractivity contribution in [2.24, 2.45) is 16.5 Å². The number of quaternary nitrogens is 1. The number of fused-ring (bicyclic) bond motifs is 1. The van der Waals surface area contributed by atoms with Crippen molar-refractivity contribution < 1.29 is 24.3 Å². The second-order valence-corrected chi connectivity index (χ2v) is 9.63. The van der Waals surface area contributed by atoms with Crippen LogP contribution in [0.3, 0.4) is 0 Å². The second-order valence-electron chi connectivity index (χ2n) is 9.63. The number of piperidine rings is 1. The highest BCUT2D eigenvalue weighted by atomic mass is 16.6. The zero-order valence-corrected chi connectivity index (χ0v) is 17.5. The van der Waals surface area contributed by atoms with Gasteiger partial charge in [-0.2, -0.15) is 0 Å².